The largest absolute Gasteiger partial charge is 0.345 e. The molecule has 0 saturated carbocycles. The van der Waals surface area contributed by atoms with Crippen LogP contribution in [0.5, 0.6) is 0 Å². The lowest BCUT2D eigenvalue weighted by Crippen LogP contribution is -2.27. The summed E-state index contributed by atoms with van der Waals surface area (Å²) in [5.74, 6) is -0.542. The van der Waals surface area contributed by atoms with Crippen LogP contribution in [0.15, 0.2) is 121 Å². The third-order valence-corrected chi connectivity index (χ3v) is 11.9. The zero-order chi connectivity index (χ0) is 25.5. The molecule has 190 valence electrons. The molecule has 5 rings (SSSR count). The summed E-state index contributed by atoms with van der Waals surface area (Å²) in [6.07, 6.45) is 4.40. The topological polar surface area (TPSA) is 18.5 Å². The van der Waals surface area contributed by atoms with Crippen molar-refractivity contribution < 1.29 is 9.47 Å². The summed E-state index contributed by atoms with van der Waals surface area (Å²) in [5.41, 5.74) is 0. The Balaban J connectivity index is 1.32. The highest BCUT2D eigenvalue weighted by Gasteiger charge is 2.41. The molecule has 0 aliphatic carbocycles. The first-order valence-electron chi connectivity index (χ1n) is 13.2. The SMILES string of the molecule is CC1(C)OC(CCP(c2ccccc2)c2ccccc2)C(CCP(c2ccccc2)c2ccccc2)O1. The fourth-order valence-corrected chi connectivity index (χ4v) is 9.94. The van der Waals surface area contributed by atoms with E-state index in [1.54, 1.807) is 0 Å². The van der Waals surface area contributed by atoms with Crippen molar-refractivity contribution in [3.63, 3.8) is 0 Å². The number of benzene rings is 4. The van der Waals surface area contributed by atoms with Gasteiger partial charge in [0.25, 0.3) is 0 Å². The van der Waals surface area contributed by atoms with Crippen molar-refractivity contribution in [2.75, 3.05) is 12.3 Å². The van der Waals surface area contributed by atoms with Crippen molar-refractivity contribution in [2.24, 2.45) is 0 Å². The highest BCUT2D eigenvalue weighted by molar-refractivity contribution is 7.73. The van der Waals surface area contributed by atoms with Gasteiger partial charge in [-0.3, -0.25) is 0 Å². The average molecular weight is 527 g/mol. The molecule has 1 aliphatic rings. The number of rotatable bonds is 10. The van der Waals surface area contributed by atoms with Crippen LogP contribution in [0, 0.1) is 0 Å². The van der Waals surface area contributed by atoms with E-state index < -0.39 is 21.6 Å². The summed E-state index contributed by atoms with van der Waals surface area (Å²) >= 11 is 0. The van der Waals surface area contributed by atoms with Crippen LogP contribution in [0.2, 0.25) is 0 Å². The maximum atomic E-state index is 6.52. The van der Waals surface area contributed by atoms with Gasteiger partial charge in [0.1, 0.15) is 0 Å². The Kier molecular flexibility index (Phi) is 8.85. The third-order valence-electron chi connectivity index (χ3n) is 6.83. The Hall–Kier alpha value is -2.34. The van der Waals surface area contributed by atoms with Gasteiger partial charge in [-0.1, -0.05) is 121 Å². The molecular weight excluding hydrogens is 490 g/mol. The predicted octanol–water partition coefficient (Wildman–Crippen LogP) is 6.55. The van der Waals surface area contributed by atoms with Crippen LogP contribution in [0.25, 0.3) is 0 Å². The summed E-state index contributed by atoms with van der Waals surface area (Å²) in [6.45, 7) is 4.13. The van der Waals surface area contributed by atoms with Crippen molar-refractivity contribution in [3.05, 3.63) is 121 Å². The van der Waals surface area contributed by atoms with Gasteiger partial charge in [-0.2, -0.15) is 0 Å². The van der Waals surface area contributed by atoms with Crippen LogP contribution < -0.4 is 21.2 Å². The van der Waals surface area contributed by atoms with Crippen LogP contribution in [-0.4, -0.2) is 30.3 Å². The zero-order valence-electron chi connectivity index (χ0n) is 21.7. The molecule has 4 aromatic carbocycles. The van der Waals surface area contributed by atoms with Gasteiger partial charge in [0.05, 0.1) is 12.2 Å². The molecule has 0 N–H and O–H groups in total. The average Bonchev–Trinajstić information content (AvgIpc) is 3.24. The molecule has 0 spiro atoms. The maximum absolute atomic E-state index is 6.52. The van der Waals surface area contributed by atoms with Crippen LogP contribution >= 0.6 is 15.8 Å². The highest BCUT2D eigenvalue weighted by Crippen LogP contribution is 2.41. The van der Waals surface area contributed by atoms with Crippen LogP contribution in [0.1, 0.15) is 26.7 Å². The van der Waals surface area contributed by atoms with Gasteiger partial charge in [-0.05, 0) is 76.1 Å². The van der Waals surface area contributed by atoms with E-state index >= 15 is 0 Å². The number of hydrogen-bond donors (Lipinski definition) is 0. The summed E-state index contributed by atoms with van der Waals surface area (Å²) in [4.78, 5) is 0. The second-order valence-electron chi connectivity index (χ2n) is 9.94. The molecule has 2 unspecified atom stereocenters. The Morgan fingerprint density at radius 1 is 0.486 bits per heavy atom. The molecular formula is C33H36O2P2. The molecule has 1 saturated heterocycles. The first kappa shape index (κ1) is 26.3. The predicted molar refractivity (Wildman–Crippen MR) is 161 cm³/mol. The van der Waals surface area contributed by atoms with Gasteiger partial charge in [0.2, 0.25) is 0 Å². The van der Waals surface area contributed by atoms with Gasteiger partial charge >= 0.3 is 0 Å². The van der Waals surface area contributed by atoms with Crippen molar-refractivity contribution in [1.29, 1.82) is 0 Å². The van der Waals surface area contributed by atoms with E-state index in [0.29, 0.717) is 0 Å². The van der Waals surface area contributed by atoms with E-state index in [9.17, 15) is 0 Å². The van der Waals surface area contributed by atoms with Crippen molar-refractivity contribution in [3.8, 4) is 0 Å². The maximum Gasteiger partial charge on any atom is 0.163 e. The minimum absolute atomic E-state index is 0.107. The molecule has 2 nitrogen and oxygen atoms in total. The summed E-state index contributed by atoms with van der Waals surface area (Å²) < 4.78 is 13.0. The first-order chi connectivity index (χ1) is 18.1. The Morgan fingerprint density at radius 3 is 1.03 bits per heavy atom. The van der Waals surface area contributed by atoms with Crippen LogP contribution in [0.3, 0.4) is 0 Å². The quantitative estimate of drug-likeness (QED) is 0.218. The van der Waals surface area contributed by atoms with Crippen LogP contribution in [-0.2, 0) is 9.47 Å². The molecule has 1 heterocycles. The molecule has 2 atom stereocenters. The van der Waals surface area contributed by atoms with Gasteiger partial charge < -0.3 is 9.47 Å². The molecule has 0 bridgehead atoms. The standard InChI is InChI=1S/C33H36O2P2/c1-33(2)34-31(23-25-36(27-15-7-3-8-16-27)28-17-9-4-10-18-28)32(35-33)24-26-37(29-19-11-5-12-20-29)30-21-13-6-14-22-30/h3-22,31-32H,23-26H2,1-2H3. The van der Waals surface area contributed by atoms with E-state index in [2.05, 4.69) is 135 Å². The summed E-state index contributed by atoms with van der Waals surface area (Å²) in [5, 5.41) is 5.70. The van der Waals surface area contributed by atoms with E-state index in [1.807, 2.05) is 0 Å². The molecule has 0 aromatic heterocycles. The van der Waals surface area contributed by atoms with Gasteiger partial charge in [-0.25, -0.2) is 0 Å². The third kappa shape index (κ3) is 6.95. The Bertz CT molecular complexity index is 1040. The normalized spacial score (nSPS) is 18.9. The van der Waals surface area contributed by atoms with Crippen LogP contribution in [0.4, 0.5) is 0 Å². The van der Waals surface area contributed by atoms with E-state index in [0.717, 1.165) is 25.2 Å². The lowest BCUT2D eigenvalue weighted by atomic mass is 10.1. The molecule has 1 fully saturated rings. The van der Waals surface area contributed by atoms with Gasteiger partial charge in [-0.15, -0.1) is 0 Å². The minimum Gasteiger partial charge on any atom is -0.345 e. The monoisotopic (exact) mass is 526 g/mol. The second-order valence-corrected chi connectivity index (χ2v) is 14.6. The fourth-order valence-electron chi connectivity index (χ4n) is 5.16. The van der Waals surface area contributed by atoms with E-state index in [4.69, 9.17) is 9.47 Å². The number of hydrogen-bond acceptors (Lipinski definition) is 2. The van der Waals surface area contributed by atoms with E-state index in [-0.39, 0.29) is 12.2 Å². The lowest BCUT2D eigenvalue weighted by molar-refractivity contribution is -0.146. The lowest BCUT2D eigenvalue weighted by Gasteiger charge is -2.24. The smallest absolute Gasteiger partial charge is 0.163 e. The molecule has 1 aliphatic heterocycles. The molecule has 37 heavy (non-hydrogen) atoms. The van der Waals surface area contributed by atoms with E-state index in [1.165, 1.54) is 21.2 Å². The first-order valence-corrected chi connectivity index (χ1v) is 16.3. The highest BCUT2D eigenvalue weighted by atomic mass is 31.1. The molecule has 0 amide bonds. The van der Waals surface area contributed by atoms with Gasteiger partial charge in [0.15, 0.2) is 5.79 Å². The minimum atomic E-state index is -0.542. The molecule has 0 radical (unpaired) electrons. The summed E-state index contributed by atoms with van der Waals surface area (Å²) in [7, 11) is -0.885. The Morgan fingerprint density at radius 2 is 0.757 bits per heavy atom. The van der Waals surface area contributed by atoms with Crippen molar-refractivity contribution >= 4 is 37.1 Å². The van der Waals surface area contributed by atoms with Gasteiger partial charge in [0, 0.05) is 0 Å². The molecule has 4 aromatic rings. The van der Waals surface area contributed by atoms with Crippen molar-refractivity contribution in [1.82, 2.24) is 0 Å². The summed E-state index contributed by atoms with van der Waals surface area (Å²) in [6, 6.07) is 43.9. The fraction of sp³-hybridized carbons (Fsp3) is 0.273. The zero-order valence-corrected chi connectivity index (χ0v) is 23.5. The Labute approximate surface area is 224 Å². The number of ether oxygens (including phenoxy) is 2. The molecule has 4 heteroatoms. The second kappa shape index (κ2) is 12.5. The van der Waals surface area contributed by atoms with Crippen molar-refractivity contribution in [2.45, 2.75) is 44.7 Å².